The molecule has 1 saturated carbocycles. The quantitative estimate of drug-likeness (QED) is 0.511. The molecular formula is C20H36O. The minimum Gasteiger partial charge on any atom is -0.289 e. The standard InChI is InChI=1S/C11H14O.C5H10.2C2H6/c1-8(2)9(3)11(12)10-6-4-5-7-10;1-2-4-5-3-1;2*1-2/h4,6-7H,5H2,1-3H3;1-5H2;2*1-2H3. The van der Waals surface area contributed by atoms with Gasteiger partial charge in [-0.3, -0.25) is 4.79 Å². The Balaban J connectivity index is 0. The number of carbonyl (C=O) groups excluding carboxylic acids is 1. The highest BCUT2D eigenvalue weighted by molar-refractivity contribution is 6.10. The maximum atomic E-state index is 11.6. The van der Waals surface area contributed by atoms with E-state index in [1.165, 1.54) is 32.1 Å². The van der Waals surface area contributed by atoms with Crippen molar-refractivity contribution < 1.29 is 4.79 Å². The zero-order chi connectivity index (χ0) is 16.7. The Bertz CT molecular complexity index is 336. The number of rotatable bonds is 2. The molecule has 2 rings (SSSR count). The van der Waals surface area contributed by atoms with E-state index in [1.54, 1.807) is 0 Å². The van der Waals surface area contributed by atoms with Gasteiger partial charge >= 0.3 is 0 Å². The van der Waals surface area contributed by atoms with E-state index in [9.17, 15) is 4.79 Å². The first kappa shape index (κ1) is 22.2. The van der Waals surface area contributed by atoms with Crippen molar-refractivity contribution in [3.8, 4) is 0 Å². The van der Waals surface area contributed by atoms with Crippen LogP contribution in [0.25, 0.3) is 0 Å². The molecule has 0 radical (unpaired) electrons. The number of Topliss-reactive ketones (excluding diaryl/α,β-unsaturated/α-hetero) is 1. The predicted octanol–water partition coefficient (Wildman–Crippen LogP) is 6.80. The minimum atomic E-state index is 0.170. The van der Waals surface area contributed by atoms with Crippen LogP contribution < -0.4 is 0 Å². The summed E-state index contributed by atoms with van der Waals surface area (Å²) in [5, 5.41) is 0. The van der Waals surface area contributed by atoms with Gasteiger partial charge in [-0.1, -0.05) is 83.6 Å². The second kappa shape index (κ2) is 15.3. The van der Waals surface area contributed by atoms with Crippen LogP contribution in [0.5, 0.6) is 0 Å². The molecule has 0 heterocycles. The third-order valence-electron chi connectivity index (χ3n) is 3.37. The number of hydrogen-bond acceptors (Lipinski definition) is 1. The van der Waals surface area contributed by atoms with Gasteiger partial charge in [-0.15, -0.1) is 0 Å². The van der Waals surface area contributed by atoms with Crippen LogP contribution in [-0.2, 0) is 4.79 Å². The van der Waals surface area contributed by atoms with E-state index in [0.717, 1.165) is 23.1 Å². The molecule has 0 bridgehead atoms. The van der Waals surface area contributed by atoms with Crippen molar-refractivity contribution in [2.24, 2.45) is 0 Å². The van der Waals surface area contributed by atoms with Crippen molar-refractivity contribution in [1.82, 2.24) is 0 Å². The third-order valence-corrected chi connectivity index (χ3v) is 3.37. The highest BCUT2D eigenvalue weighted by atomic mass is 16.1. The van der Waals surface area contributed by atoms with Gasteiger partial charge in [0.2, 0.25) is 0 Å². The lowest BCUT2D eigenvalue weighted by Crippen LogP contribution is -2.02. The van der Waals surface area contributed by atoms with Crippen molar-refractivity contribution >= 4 is 5.78 Å². The van der Waals surface area contributed by atoms with Gasteiger partial charge in [0.25, 0.3) is 0 Å². The molecule has 0 saturated heterocycles. The van der Waals surface area contributed by atoms with Crippen LogP contribution in [0.4, 0.5) is 0 Å². The Morgan fingerprint density at radius 2 is 1.29 bits per heavy atom. The fraction of sp³-hybridized carbons (Fsp3) is 0.650. The molecule has 1 heteroatoms. The van der Waals surface area contributed by atoms with Crippen LogP contribution in [0.3, 0.4) is 0 Å². The van der Waals surface area contributed by atoms with Gasteiger partial charge < -0.3 is 0 Å². The van der Waals surface area contributed by atoms with Crippen molar-refractivity contribution in [2.45, 2.75) is 87.0 Å². The average molecular weight is 293 g/mol. The van der Waals surface area contributed by atoms with E-state index in [1.807, 2.05) is 66.7 Å². The zero-order valence-corrected chi connectivity index (χ0v) is 15.4. The molecule has 2 aliphatic carbocycles. The topological polar surface area (TPSA) is 17.1 Å². The van der Waals surface area contributed by atoms with E-state index in [4.69, 9.17) is 0 Å². The van der Waals surface area contributed by atoms with Crippen molar-refractivity contribution in [3.05, 3.63) is 34.9 Å². The molecule has 1 fully saturated rings. The second-order valence-corrected chi connectivity index (χ2v) is 5.02. The van der Waals surface area contributed by atoms with Crippen molar-refractivity contribution in [3.63, 3.8) is 0 Å². The molecular weight excluding hydrogens is 256 g/mol. The Hall–Kier alpha value is -1.11. The van der Waals surface area contributed by atoms with Crippen molar-refractivity contribution in [1.29, 1.82) is 0 Å². The molecule has 1 nitrogen and oxygen atoms in total. The Morgan fingerprint density at radius 3 is 1.57 bits per heavy atom. The number of carbonyl (C=O) groups is 1. The SMILES string of the molecule is C1CCCC1.CC.CC.CC(C)=C(C)C(=O)C1=CCC=C1. The number of hydrogen-bond donors (Lipinski definition) is 0. The lowest BCUT2D eigenvalue weighted by molar-refractivity contribution is -0.112. The molecule has 0 amide bonds. The van der Waals surface area contributed by atoms with Crippen LogP contribution in [0.2, 0.25) is 0 Å². The predicted molar refractivity (Wildman–Crippen MR) is 96.7 cm³/mol. The Morgan fingerprint density at radius 1 is 0.857 bits per heavy atom. The molecule has 0 aliphatic heterocycles. The van der Waals surface area contributed by atoms with E-state index in [2.05, 4.69) is 0 Å². The summed E-state index contributed by atoms with van der Waals surface area (Å²) in [6.07, 6.45) is 14.3. The van der Waals surface area contributed by atoms with Gasteiger partial charge in [-0.05, 0) is 32.8 Å². The van der Waals surface area contributed by atoms with Crippen LogP contribution in [0.15, 0.2) is 34.9 Å². The van der Waals surface area contributed by atoms with Gasteiger partial charge in [0.05, 0.1) is 0 Å². The maximum Gasteiger partial charge on any atom is 0.188 e. The average Bonchev–Trinajstić information content (AvgIpc) is 3.25. The van der Waals surface area contributed by atoms with Crippen LogP contribution in [0, 0.1) is 0 Å². The van der Waals surface area contributed by atoms with Gasteiger partial charge in [0, 0.05) is 5.57 Å². The Labute approximate surface area is 133 Å². The minimum absolute atomic E-state index is 0.170. The molecule has 122 valence electrons. The van der Waals surface area contributed by atoms with E-state index >= 15 is 0 Å². The molecule has 2 aliphatic rings. The molecule has 21 heavy (non-hydrogen) atoms. The van der Waals surface area contributed by atoms with Crippen LogP contribution >= 0.6 is 0 Å². The lowest BCUT2D eigenvalue weighted by Gasteiger charge is -2.01. The highest BCUT2D eigenvalue weighted by Gasteiger charge is 2.11. The maximum absolute atomic E-state index is 11.6. The summed E-state index contributed by atoms with van der Waals surface area (Å²) in [5.74, 6) is 0.170. The zero-order valence-electron chi connectivity index (χ0n) is 15.4. The second-order valence-electron chi connectivity index (χ2n) is 5.02. The van der Waals surface area contributed by atoms with E-state index in [-0.39, 0.29) is 5.78 Å². The fourth-order valence-electron chi connectivity index (χ4n) is 1.95. The third kappa shape index (κ3) is 10.3. The van der Waals surface area contributed by atoms with Gasteiger partial charge in [0.15, 0.2) is 5.78 Å². The van der Waals surface area contributed by atoms with Crippen LogP contribution in [-0.4, -0.2) is 5.78 Å². The molecule has 0 aromatic carbocycles. The first-order chi connectivity index (χ1) is 10.1. The summed E-state index contributed by atoms with van der Waals surface area (Å²) in [4.78, 5) is 11.6. The van der Waals surface area contributed by atoms with E-state index in [0.29, 0.717) is 0 Å². The normalized spacial score (nSPS) is 14.5. The largest absolute Gasteiger partial charge is 0.289 e. The summed E-state index contributed by atoms with van der Waals surface area (Å²) in [6, 6.07) is 0. The molecule has 0 unspecified atom stereocenters. The Kier molecular flexibility index (Phi) is 16.1. The molecule has 0 aromatic rings. The summed E-state index contributed by atoms with van der Waals surface area (Å²) >= 11 is 0. The van der Waals surface area contributed by atoms with Gasteiger partial charge in [0.1, 0.15) is 0 Å². The highest BCUT2D eigenvalue weighted by Crippen LogP contribution is 2.16. The summed E-state index contributed by atoms with van der Waals surface area (Å²) < 4.78 is 0. The van der Waals surface area contributed by atoms with Crippen LogP contribution in [0.1, 0.15) is 87.0 Å². The number of allylic oxidation sites excluding steroid dienone is 6. The molecule has 0 atom stereocenters. The van der Waals surface area contributed by atoms with Gasteiger partial charge in [-0.25, -0.2) is 0 Å². The summed E-state index contributed by atoms with van der Waals surface area (Å²) in [7, 11) is 0. The summed E-state index contributed by atoms with van der Waals surface area (Å²) in [6.45, 7) is 13.8. The summed E-state index contributed by atoms with van der Waals surface area (Å²) in [5.41, 5.74) is 2.81. The fourth-order valence-corrected chi connectivity index (χ4v) is 1.95. The molecule has 0 aromatic heterocycles. The molecule has 0 N–H and O–H groups in total. The smallest absolute Gasteiger partial charge is 0.188 e. The van der Waals surface area contributed by atoms with Gasteiger partial charge in [-0.2, -0.15) is 0 Å². The first-order valence-corrected chi connectivity index (χ1v) is 8.68. The van der Waals surface area contributed by atoms with E-state index < -0.39 is 0 Å². The molecule has 0 spiro atoms. The lowest BCUT2D eigenvalue weighted by atomic mass is 10.0. The number of ketones is 1. The van der Waals surface area contributed by atoms with Crippen molar-refractivity contribution in [2.75, 3.05) is 0 Å². The monoisotopic (exact) mass is 292 g/mol. The first-order valence-electron chi connectivity index (χ1n) is 8.68.